The molecule has 0 aliphatic carbocycles. The van der Waals surface area contributed by atoms with Gasteiger partial charge in [0.25, 0.3) is 5.91 Å². The first kappa shape index (κ1) is 15.3. The van der Waals surface area contributed by atoms with E-state index in [0.717, 1.165) is 12.0 Å². The number of hydrogen-bond acceptors (Lipinski definition) is 2. The second-order valence-corrected chi connectivity index (χ2v) is 5.37. The molecule has 0 aliphatic heterocycles. The van der Waals surface area contributed by atoms with Crippen molar-refractivity contribution in [2.45, 2.75) is 25.9 Å². The van der Waals surface area contributed by atoms with Crippen LogP contribution in [0, 0.1) is 0 Å². The van der Waals surface area contributed by atoms with Gasteiger partial charge in [-0.2, -0.15) is 0 Å². The summed E-state index contributed by atoms with van der Waals surface area (Å²) in [5.74, 6) is -0.172. The van der Waals surface area contributed by atoms with Gasteiger partial charge < -0.3 is 10.4 Å². The molecule has 0 heterocycles. The lowest BCUT2D eigenvalue weighted by atomic mass is 9.96. The van der Waals surface area contributed by atoms with E-state index >= 15 is 0 Å². The van der Waals surface area contributed by atoms with Gasteiger partial charge in [0, 0.05) is 5.56 Å². The fourth-order valence-corrected chi connectivity index (χ4v) is 2.15. The normalized spacial score (nSPS) is 13.5. The van der Waals surface area contributed by atoms with E-state index in [4.69, 9.17) is 0 Å². The molecule has 3 nitrogen and oxygen atoms in total. The van der Waals surface area contributed by atoms with Gasteiger partial charge in [0.1, 0.15) is 5.60 Å². The molecule has 1 atom stereocenters. The summed E-state index contributed by atoms with van der Waals surface area (Å²) >= 11 is 0. The zero-order valence-electron chi connectivity index (χ0n) is 12.5. The van der Waals surface area contributed by atoms with Gasteiger partial charge in [0.05, 0.1) is 6.54 Å². The number of aliphatic hydroxyl groups is 1. The average molecular weight is 283 g/mol. The molecule has 0 fully saturated rings. The molecule has 2 rings (SSSR count). The second kappa shape index (κ2) is 6.55. The van der Waals surface area contributed by atoms with Crippen molar-refractivity contribution >= 4 is 5.91 Å². The Bertz CT molecular complexity index is 588. The third-order valence-electron chi connectivity index (χ3n) is 3.61. The van der Waals surface area contributed by atoms with Crippen LogP contribution in [0.25, 0.3) is 0 Å². The first-order chi connectivity index (χ1) is 10.0. The molecule has 0 saturated carbocycles. The van der Waals surface area contributed by atoms with Crippen LogP contribution in [0.1, 0.15) is 35.3 Å². The maximum absolute atomic E-state index is 12.1. The molecular formula is C18H21NO2. The molecule has 0 radical (unpaired) electrons. The molecule has 0 spiro atoms. The molecule has 0 aromatic heterocycles. The predicted octanol–water partition coefficient (Wildman–Crippen LogP) is 2.89. The third kappa shape index (κ3) is 3.92. The van der Waals surface area contributed by atoms with E-state index in [0.29, 0.717) is 5.56 Å². The van der Waals surface area contributed by atoms with Crippen molar-refractivity contribution in [3.05, 3.63) is 71.3 Å². The number of nitrogens with one attached hydrogen (secondary N) is 1. The van der Waals surface area contributed by atoms with Crippen LogP contribution < -0.4 is 5.32 Å². The number of aryl methyl sites for hydroxylation is 1. The van der Waals surface area contributed by atoms with Crippen LogP contribution in [-0.2, 0) is 12.0 Å². The number of carbonyl (C=O) groups is 1. The molecule has 21 heavy (non-hydrogen) atoms. The van der Waals surface area contributed by atoms with Gasteiger partial charge in [0.15, 0.2) is 0 Å². The van der Waals surface area contributed by atoms with Gasteiger partial charge in [-0.25, -0.2) is 0 Å². The van der Waals surface area contributed by atoms with Gasteiger partial charge in [0.2, 0.25) is 0 Å². The summed E-state index contributed by atoms with van der Waals surface area (Å²) in [6.07, 6.45) is 0.949. The van der Waals surface area contributed by atoms with Gasteiger partial charge in [-0.1, -0.05) is 49.4 Å². The fourth-order valence-electron chi connectivity index (χ4n) is 2.15. The predicted molar refractivity (Wildman–Crippen MR) is 84.2 cm³/mol. The van der Waals surface area contributed by atoms with Gasteiger partial charge >= 0.3 is 0 Å². The van der Waals surface area contributed by atoms with E-state index in [1.54, 1.807) is 6.92 Å². The Kier molecular flexibility index (Phi) is 4.76. The maximum atomic E-state index is 12.1. The van der Waals surface area contributed by atoms with E-state index in [2.05, 4.69) is 12.2 Å². The molecule has 2 N–H and O–H groups in total. The van der Waals surface area contributed by atoms with Crippen LogP contribution in [0.2, 0.25) is 0 Å². The summed E-state index contributed by atoms with van der Waals surface area (Å²) in [6.45, 7) is 3.94. The van der Waals surface area contributed by atoms with Crippen molar-refractivity contribution in [3.63, 3.8) is 0 Å². The summed E-state index contributed by atoms with van der Waals surface area (Å²) in [5.41, 5.74) is 1.51. The zero-order chi connectivity index (χ0) is 15.3. The molecule has 2 aromatic rings. The first-order valence-corrected chi connectivity index (χ1v) is 7.18. The highest BCUT2D eigenvalue weighted by atomic mass is 16.3. The lowest BCUT2D eigenvalue weighted by Crippen LogP contribution is -2.38. The quantitative estimate of drug-likeness (QED) is 0.886. The Hall–Kier alpha value is -2.13. The molecular weight excluding hydrogens is 262 g/mol. The summed E-state index contributed by atoms with van der Waals surface area (Å²) in [4.78, 5) is 12.1. The van der Waals surface area contributed by atoms with Crippen LogP contribution in [0.3, 0.4) is 0 Å². The highest BCUT2D eigenvalue weighted by Crippen LogP contribution is 2.19. The lowest BCUT2D eigenvalue weighted by Gasteiger charge is -2.24. The summed E-state index contributed by atoms with van der Waals surface area (Å²) in [6, 6.07) is 16.9. The first-order valence-electron chi connectivity index (χ1n) is 7.18. The molecule has 0 aliphatic rings. The molecule has 0 saturated heterocycles. The molecule has 0 bridgehead atoms. The lowest BCUT2D eigenvalue weighted by molar-refractivity contribution is 0.0526. The van der Waals surface area contributed by atoms with Crippen LogP contribution in [0.4, 0.5) is 0 Å². The monoisotopic (exact) mass is 283 g/mol. The Morgan fingerprint density at radius 3 is 2.29 bits per heavy atom. The zero-order valence-corrected chi connectivity index (χ0v) is 12.5. The van der Waals surface area contributed by atoms with Gasteiger partial charge in [-0.15, -0.1) is 0 Å². The number of amides is 1. The van der Waals surface area contributed by atoms with Crippen molar-refractivity contribution < 1.29 is 9.90 Å². The molecule has 110 valence electrons. The fraction of sp³-hybridized carbons (Fsp3) is 0.278. The van der Waals surface area contributed by atoms with Crippen LogP contribution in [-0.4, -0.2) is 17.6 Å². The summed E-state index contributed by atoms with van der Waals surface area (Å²) in [7, 11) is 0. The summed E-state index contributed by atoms with van der Waals surface area (Å²) in [5, 5.41) is 13.2. The van der Waals surface area contributed by atoms with Crippen LogP contribution in [0.5, 0.6) is 0 Å². The topological polar surface area (TPSA) is 49.3 Å². The van der Waals surface area contributed by atoms with E-state index in [9.17, 15) is 9.90 Å². The number of benzene rings is 2. The van der Waals surface area contributed by atoms with Crippen molar-refractivity contribution in [2.75, 3.05) is 6.54 Å². The Morgan fingerprint density at radius 2 is 1.71 bits per heavy atom. The van der Waals surface area contributed by atoms with E-state index < -0.39 is 5.60 Å². The van der Waals surface area contributed by atoms with Crippen LogP contribution in [0.15, 0.2) is 54.6 Å². The SMILES string of the molecule is CCc1ccc(C(=O)NCC(C)(O)c2ccccc2)cc1. The minimum absolute atomic E-state index is 0.172. The smallest absolute Gasteiger partial charge is 0.251 e. The number of rotatable bonds is 5. The highest BCUT2D eigenvalue weighted by molar-refractivity contribution is 5.94. The van der Waals surface area contributed by atoms with Crippen molar-refractivity contribution in [3.8, 4) is 0 Å². The molecule has 3 heteroatoms. The average Bonchev–Trinajstić information content (AvgIpc) is 2.53. The summed E-state index contributed by atoms with van der Waals surface area (Å²) < 4.78 is 0. The van der Waals surface area contributed by atoms with E-state index in [-0.39, 0.29) is 12.5 Å². The van der Waals surface area contributed by atoms with E-state index in [1.807, 2.05) is 54.6 Å². The van der Waals surface area contributed by atoms with Crippen molar-refractivity contribution in [2.24, 2.45) is 0 Å². The minimum Gasteiger partial charge on any atom is -0.384 e. The maximum Gasteiger partial charge on any atom is 0.251 e. The van der Waals surface area contributed by atoms with Crippen LogP contribution >= 0.6 is 0 Å². The Balaban J connectivity index is 2.00. The third-order valence-corrected chi connectivity index (χ3v) is 3.61. The molecule has 1 amide bonds. The number of carbonyl (C=O) groups excluding carboxylic acids is 1. The molecule has 2 aromatic carbocycles. The van der Waals surface area contributed by atoms with Gasteiger partial charge in [-0.3, -0.25) is 4.79 Å². The van der Waals surface area contributed by atoms with Crippen molar-refractivity contribution in [1.29, 1.82) is 0 Å². The molecule has 1 unspecified atom stereocenters. The number of hydrogen-bond donors (Lipinski definition) is 2. The van der Waals surface area contributed by atoms with Crippen molar-refractivity contribution in [1.82, 2.24) is 5.32 Å². The Morgan fingerprint density at radius 1 is 1.10 bits per heavy atom. The van der Waals surface area contributed by atoms with Gasteiger partial charge in [-0.05, 0) is 36.6 Å². The standard InChI is InChI=1S/C18H21NO2/c1-3-14-9-11-15(12-10-14)17(20)19-13-18(2,21)16-7-5-4-6-8-16/h4-12,21H,3,13H2,1-2H3,(H,19,20). The van der Waals surface area contributed by atoms with E-state index in [1.165, 1.54) is 5.56 Å². The largest absolute Gasteiger partial charge is 0.384 e. The minimum atomic E-state index is -1.08. The second-order valence-electron chi connectivity index (χ2n) is 5.37. The highest BCUT2D eigenvalue weighted by Gasteiger charge is 2.23. The Labute approximate surface area is 125 Å².